The highest BCUT2D eigenvalue weighted by molar-refractivity contribution is 6.50. The number of hydrogen-bond donors (Lipinski definition) is 0. The molecule has 0 spiro atoms. The molecule has 0 aromatic heterocycles. The van der Waals surface area contributed by atoms with Crippen molar-refractivity contribution in [1.29, 1.82) is 0 Å². The van der Waals surface area contributed by atoms with Gasteiger partial charge in [0, 0.05) is 6.61 Å². The second kappa shape index (κ2) is 3.51. The van der Waals surface area contributed by atoms with E-state index < -0.39 is 4.33 Å². The molecule has 0 bridgehead atoms. The maximum atomic E-state index is 5.86. The standard InChI is InChI=1S/C8H14Cl2O/c1-3-11-6(2)4-7-5-8(7,9)10/h6-7H,3-5H2,1-2H3. The van der Waals surface area contributed by atoms with Crippen molar-refractivity contribution in [2.45, 2.75) is 37.1 Å². The molecule has 1 saturated carbocycles. The molecule has 1 aliphatic carbocycles. The number of rotatable bonds is 4. The minimum absolute atomic E-state index is 0.296. The van der Waals surface area contributed by atoms with Crippen molar-refractivity contribution in [1.82, 2.24) is 0 Å². The van der Waals surface area contributed by atoms with Gasteiger partial charge >= 0.3 is 0 Å². The summed E-state index contributed by atoms with van der Waals surface area (Å²) >= 11 is 11.7. The number of alkyl halides is 2. The minimum Gasteiger partial charge on any atom is -0.379 e. The first kappa shape index (κ1) is 9.63. The van der Waals surface area contributed by atoms with Gasteiger partial charge in [0.25, 0.3) is 0 Å². The lowest BCUT2D eigenvalue weighted by Gasteiger charge is -2.10. The molecule has 1 rings (SSSR count). The first-order valence-electron chi connectivity index (χ1n) is 4.05. The topological polar surface area (TPSA) is 9.23 Å². The molecule has 1 aliphatic rings. The highest BCUT2D eigenvalue weighted by Gasteiger charge is 2.51. The van der Waals surface area contributed by atoms with Crippen molar-refractivity contribution in [3.63, 3.8) is 0 Å². The summed E-state index contributed by atoms with van der Waals surface area (Å²) in [5.74, 6) is 0.451. The summed E-state index contributed by atoms with van der Waals surface area (Å²) in [6, 6.07) is 0. The Balaban J connectivity index is 2.13. The van der Waals surface area contributed by atoms with Gasteiger partial charge in [-0.3, -0.25) is 0 Å². The molecular weight excluding hydrogens is 183 g/mol. The fraction of sp³-hybridized carbons (Fsp3) is 1.00. The smallest absolute Gasteiger partial charge is 0.121 e. The van der Waals surface area contributed by atoms with Gasteiger partial charge in [-0.1, -0.05) is 0 Å². The minimum atomic E-state index is -0.439. The van der Waals surface area contributed by atoms with Crippen LogP contribution in [0.4, 0.5) is 0 Å². The van der Waals surface area contributed by atoms with Crippen molar-refractivity contribution >= 4 is 23.2 Å². The van der Waals surface area contributed by atoms with E-state index in [-0.39, 0.29) is 0 Å². The van der Waals surface area contributed by atoms with Gasteiger partial charge in [0.05, 0.1) is 6.10 Å². The van der Waals surface area contributed by atoms with E-state index in [1.807, 2.05) is 6.92 Å². The zero-order valence-corrected chi connectivity index (χ0v) is 8.45. The summed E-state index contributed by atoms with van der Waals surface area (Å²) in [7, 11) is 0. The molecule has 1 nitrogen and oxygen atoms in total. The Kier molecular flexibility index (Phi) is 3.07. The molecule has 3 heteroatoms. The zero-order valence-electron chi connectivity index (χ0n) is 6.94. The Morgan fingerprint density at radius 2 is 2.18 bits per heavy atom. The molecule has 11 heavy (non-hydrogen) atoms. The molecule has 0 heterocycles. The molecule has 0 saturated heterocycles. The van der Waals surface area contributed by atoms with E-state index in [1.54, 1.807) is 0 Å². The number of hydrogen-bond acceptors (Lipinski definition) is 1. The van der Waals surface area contributed by atoms with E-state index in [2.05, 4.69) is 6.92 Å². The second-order valence-electron chi connectivity index (χ2n) is 3.16. The summed E-state index contributed by atoms with van der Waals surface area (Å²) in [5.41, 5.74) is 0. The fourth-order valence-corrected chi connectivity index (χ4v) is 1.83. The van der Waals surface area contributed by atoms with Crippen molar-refractivity contribution < 1.29 is 4.74 Å². The Morgan fingerprint density at radius 3 is 2.55 bits per heavy atom. The first-order valence-corrected chi connectivity index (χ1v) is 4.81. The van der Waals surface area contributed by atoms with E-state index >= 15 is 0 Å². The maximum Gasteiger partial charge on any atom is 0.121 e. The normalized spacial score (nSPS) is 30.0. The van der Waals surface area contributed by atoms with E-state index in [1.165, 1.54) is 0 Å². The summed E-state index contributed by atoms with van der Waals surface area (Å²) in [6.07, 6.45) is 2.21. The third-order valence-corrected chi connectivity index (χ3v) is 2.95. The van der Waals surface area contributed by atoms with Crippen LogP contribution in [0.1, 0.15) is 26.7 Å². The van der Waals surface area contributed by atoms with Crippen LogP contribution in [-0.2, 0) is 4.74 Å². The lowest BCUT2D eigenvalue weighted by Crippen LogP contribution is -2.10. The number of halogens is 2. The number of ether oxygens (including phenoxy) is 1. The predicted octanol–water partition coefficient (Wildman–Crippen LogP) is 3.00. The van der Waals surface area contributed by atoms with Crippen LogP contribution in [0.15, 0.2) is 0 Å². The van der Waals surface area contributed by atoms with Crippen LogP contribution < -0.4 is 0 Å². The van der Waals surface area contributed by atoms with E-state index in [9.17, 15) is 0 Å². The Labute approximate surface area is 78.0 Å². The van der Waals surface area contributed by atoms with Gasteiger partial charge in [-0.05, 0) is 32.6 Å². The van der Waals surface area contributed by atoms with Crippen molar-refractivity contribution in [3.05, 3.63) is 0 Å². The monoisotopic (exact) mass is 196 g/mol. The van der Waals surface area contributed by atoms with Crippen molar-refractivity contribution in [2.24, 2.45) is 5.92 Å². The van der Waals surface area contributed by atoms with Gasteiger partial charge in [-0.15, -0.1) is 23.2 Å². The molecule has 0 N–H and O–H groups in total. The van der Waals surface area contributed by atoms with Crippen molar-refractivity contribution in [3.8, 4) is 0 Å². The van der Waals surface area contributed by atoms with Gasteiger partial charge in [-0.25, -0.2) is 0 Å². The van der Waals surface area contributed by atoms with Crippen molar-refractivity contribution in [2.75, 3.05) is 6.61 Å². The van der Waals surface area contributed by atoms with Gasteiger partial charge in [0.2, 0.25) is 0 Å². The Hall–Kier alpha value is 0.540. The zero-order chi connectivity index (χ0) is 8.48. The van der Waals surface area contributed by atoms with E-state index in [0.29, 0.717) is 12.0 Å². The first-order chi connectivity index (χ1) is 5.06. The van der Waals surface area contributed by atoms with Gasteiger partial charge < -0.3 is 4.74 Å². The summed E-state index contributed by atoms with van der Waals surface area (Å²) in [6.45, 7) is 4.83. The van der Waals surface area contributed by atoms with Gasteiger partial charge in [0.15, 0.2) is 0 Å². The van der Waals surface area contributed by atoms with Crippen LogP contribution in [0.3, 0.4) is 0 Å². The van der Waals surface area contributed by atoms with E-state index in [4.69, 9.17) is 27.9 Å². The predicted molar refractivity (Wildman–Crippen MR) is 48.2 cm³/mol. The largest absolute Gasteiger partial charge is 0.379 e. The molecular formula is C8H14Cl2O. The van der Waals surface area contributed by atoms with Crippen LogP contribution in [0.25, 0.3) is 0 Å². The Morgan fingerprint density at radius 1 is 1.64 bits per heavy atom. The quantitative estimate of drug-likeness (QED) is 0.629. The Bertz CT molecular complexity index is 136. The van der Waals surface area contributed by atoms with Crippen LogP contribution in [0, 0.1) is 5.92 Å². The summed E-state index contributed by atoms with van der Waals surface area (Å²) < 4.78 is 4.93. The molecule has 0 aromatic rings. The third-order valence-electron chi connectivity index (χ3n) is 2.02. The van der Waals surface area contributed by atoms with Gasteiger partial charge in [0.1, 0.15) is 4.33 Å². The maximum absolute atomic E-state index is 5.86. The molecule has 0 amide bonds. The second-order valence-corrected chi connectivity index (χ2v) is 4.71. The highest BCUT2D eigenvalue weighted by atomic mass is 35.5. The van der Waals surface area contributed by atoms with Crippen LogP contribution in [-0.4, -0.2) is 17.0 Å². The van der Waals surface area contributed by atoms with Crippen LogP contribution in [0.5, 0.6) is 0 Å². The van der Waals surface area contributed by atoms with Crippen LogP contribution >= 0.6 is 23.2 Å². The molecule has 2 atom stereocenters. The fourth-order valence-electron chi connectivity index (χ4n) is 1.28. The average Bonchev–Trinajstić information content (AvgIpc) is 2.39. The highest BCUT2D eigenvalue weighted by Crippen LogP contribution is 2.55. The van der Waals surface area contributed by atoms with E-state index in [0.717, 1.165) is 19.4 Å². The van der Waals surface area contributed by atoms with Crippen LogP contribution in [0.2, 0.25) is 0 Å². The summed E-state index contributed by atoms with van der Waals surface area (Å²) in [5, 5.41) is 0. The molecule has 0 aromatic carbocycles. The lowest BCUT2D eigenvalue weighted by molar-refractivity contribution is 0.0662. The lowest BCUT2D eigenvalue weighted by atomic mass is 10.2. The van der Waals surface area contributed by atoms with Gasteiger partial charge in [-0.2, -0.15) is 0 Å². The molecule has 0 radical (unpaired) electrons. The molecule has 0 aliphatic heterocycles. The molecule has 1 fully saturated rings. The summed E-state index contributed by atoms with van der Waals surface area (Å²) in [4.78, 5) is 0. The SMILES string of the molecule is CCOC(C)CC1CC1(Cl)Cl. The molecule has 2 unspecified atom stereocenters. The molecule has 66 valence electrons. The third kappa shape index (κ3) is 2.81. The average molecular weight is 197 g/mol.